The van der Waals surface area contributed by atoms with Gasteiger partial charge in [-0.3, -0.25) is 4.79 Å². The van der Waals surface area contributed by atoms with Gasteiger partial charge in [0.05, 0.1) is 10.7 Å². The summed E-state index contributed by atoms with van der Waals surface area (Å²) in [5, 5.41) is 2.15. The number of anilines is 1. The number of carbonyl (C=O) groups excluding carboxylic acids is 1. The third-order valence-electron chi connectivity index (χ3n) is 2.30. The molecule has 6 heteroatoms. The predicted octanol–water partition coefficient (Wildman–Crippen LogP) is 2.54. The van der Waals surface area contributed by atoms with Crippen molar-refractivity contribution in [3.8, 4) is 0 Å². The number of hydrogen-bond donors (Lipinski definition) is 2. The van der Waals surface area contributed by atoms with Crippen LogP contribution < -0.4 is 11.1 Å². The van der Waals surface area contributed by atoms with E-state index in [-0.39, 0.29) is 16.6 Å². The summed E-state index contributed by atoms with van der Waals surface area (Å²) in [6, 6.07) is 1.60. The molecule has 94 valence electrons. The fourth-order valence-electron chi connectivity index (χ4n) is 1.29. The Kier molecular flexibility index (Phi) is 4.84. The number of nitrogens with one attached hydrogen (secondary N) is 1. The average Bonchev–Trinajstić information content (AvgIpc) is 2.23. The molecule has 1 atom stereocenters. The Bertz CT molecular complexity index is 403. The van der Waals surface area contributed by atoms with E-state index in [4.69, 9.17) is 17.3 Å². The van der Waals surface area contributed by atoms with Gasteiger partial charge in [-0.05, 0) is 19.0 Å². The molecule has 0 aliphatic heterocycles. The van der Waals surface area contributed by atoms with Crippen LogP contribution in [0.2, 0.25) is 5.02 Å². The van der Waals surface area contributed by atoms with Crippen molar-refractivity contribution < 1.29 is 13.6 Å². The fourth-order valence-corrected chi connectivity index (χ4v) is 1.53. The highest BCUT2D eigenvalue weighted by atomic mass is 35.5. The minimum absolute atomic E-state index is 0.171. The molecule has 0 bridgehead atoms. The van der Waals surface area contributed by atoms with Crippen molar-refractivity contribution in [1.29, 1.82) is 0 Å². The fraction of sp³-hybridized carbons (Fsp3) is 0.364. The second-order valence-electron chi connectivity index (χ2n) is 3.71. The number of carbonyl (C=O) groups is 1. The van der Waals surface area contributed by atoms with Crippen molar-refractivity contribution in [2.45, 2.75) is 13.3 Å². The summed E-state index contributed by atoms with van der Waals surface area (Å²) in [6.45, 7) is 2.02. The Labute approximate surface area is 103 Å². The first kappa shape index (κ1) is 13.9. The maximum Gasteiger partial charge on any atom is 0.227 e. The molecule has 0 saturated heterocycles. The molecule has 1 rings (SSSR count). The maximum absolute atomic E-state index is 13.4. The van der Waals surface area contributed by atoms with Crippen LogP contribution in [0.4, 0.5) is 14.5 Å². The molecule has 1 aromatic rings. The number of nitrogens with two attached hydrogens (primary N) is 1. The van der Waals surface area contributed by atoms with Crippen LogP contribution in [0.5, 0.6) is 0 Å². The van der Waals surface area contributed by atoms with E-state index in [2.05, 4.69) is 5.32 Å². The van der Waals surface area contributed by atoms with E-state index in [9.17, 15) is 13.6 Å². The Morgan fingerprint density at radius 2 is 2.18 bits per heavy atom. The largest absolute Gasteiger partial charge is 0.330 e. The van der Waals surface area contributed by atoms with Crippen LogP contribution in [0.25, 0.3) is 0 Å². The van der Waals surface area contributed by atoms with Crippen LogP contribution in [-0.4, -0.2) is 12.5 Å². The van der Waals surface area contributed by atoms with Crippen molar-refractivity contribution >= 4 is 23.2 Å². The van der Waals surface area contributed by atoms with Gasteiger partial charge in [0, 0.05) is 12.0 Å². The number of benzene rings is 1. The number of amides is 1. The SMILES string of the molecule is CC(CCN)C(=O)Nc1c(F)cc(F)cc1Cl. The van der Waals surface area contributed by atoms with E-state index in [1.54, 1.807) is 6.92 Å². The summed E-state index contributed by atoms with van der Waals surface area (Å²) < 4.78 is 26.1. The van der Waals surface area contributed by atoms with Crippen LogP contribution in [0.3, 0.4) is 0 Å². The highest BCUT2D eigenvalue weighted by molar-refractivity contribution is 6.33. The predicted molar refractivity (Wildman–Crippen MR) is 62.8 cm³/mol. The van der Waals surface area contributed by atoms with Crippen molar-refractivity contribution in [2.24, 2.45) is 11.7 Å². The van der Waals surface area contributed by atoms with Crippen molar-refractivity contribution in [2.75, 3.05) is 11.9 Å². The summed E-state index contributed by atoms with van der Waals surface area (Å²) in [5.74, 6) is -2.45. The molecule has 0 saturated carbocycles. The first-order valence-corrected chi connectivity index (χ1v) is 5.49. The van der Waals surface area contributed by atoms with Gasteiger partial charge in [-0.2, -0.15) is 0 Å². The van der Waals surface area contributed by atoms with Gasteiger partial charge >= 0.3 is 0 Å². The van der Waals surface area contributed by atoms with Crippen molar-refractivity contribution in [3.05, 3.63) is 28.8 Å². The third kappa shape index (κ3) is 3.64. The summed E-state index contributed by atoms with van der Waals surface area (Å²) in [7, 11) is 0. The van der Waals surface area contributed by atoms with Gasteiger partial charge in [-0.25, -0.2) is 8.78 Å². The monoisotopic (exact) mass is 262 g/mol. The molecule has 0 aliphatic rings. The highest BCUT2D eigenvalue weighted by Gasteiger charge is 2.17. The van der Waals surface area contributed by atoms with E-state index in [1.165, 1.54) is 0 Å². The molecular weight excluding hydrogens is 250 g/mol. The van der Waals surface area contributed by atoms with Crippen LogP contribution in [-0.2, 0) is 4.79 Å². The Balaban J connectivity index is 2.85. The van der Waals surface area contributed by atoms with Crippen LogP contribution in [0.1, 0.15) is 13.3 Å². The van der Waals surface area contributed by atoms with Crippen LogP contribution in [0, 0.1) is 17.6 Å². The summed E-state index contributed by atoms with van der Waals surface area (Å²) in [5.41, 5.74) is 5.10. The lowest BCUT2D eigenvalue weighted by Crippen LogP contribution is -2.23. The molecule has 1 amide bonds. The Morgan fingerprint density at radius 1 is 1.53 bits per heavy atom. The highest BCUT2D eigenvalue weighted by Crippen LogP contribution is 2.26. The van der Waals surface area contributed by atoms with Gasteiger partial charge in [0.15, 0.2) is 5.82 Å². The van der Waals surface area contributed by atoms with Crippen LogP contribution >= 0.6 is 11.6 Å². The molecule has 3 nitrogen and oxygen atoms in total. The minimum Gasteiger partial charge on any atom is -0.330 e. The molecular formula is C11H13ClF2N2O. The second kappa shape index (κ2) is 5.93. The van der Waals surface area contributed by atoms with Gasteiger partial charge in [0.1, 0.15) is 5.82 Å². The van der Waals surface area contributed by atoms with E-state index >= 15 is 0 Å². The zero-order valence-corrected chi connectivity index (χ0v) is 10.0. The van der Waals surface area contributed by atoms with E-state index in [0.717, 1.165) is 6.07 Å². The third-order valence-corrected chi connectivity index (χ3v) is 2.60. The van der Waals surface area contributed by atoms with E-state index < -0.39 is 17.5 Å². The summed E-state index contributed by atoms with van der Waals surface area (Å²) >= 11 is 5.64. The molecule has 1 aromatic carbocycles. The summed E-state index contributed by atoms with van der Waals surface area (Å²) in [6.07, 6.45) is 0.478. The van der Waals surface area contributed by atoms with Gasteiger partial charge in [0.2, 0.25) is 5.91 Å². The van der Waals surface area contributed by atoms with E-state index in [1.807, 2.05) is 0 Å². The molecule has 0 heterocycles. The molecule has 3 N–H and O–H groups in total. The molecule has 0 spiro atoms. The number of rotatable bonds is 4. The Hall–Kier alpha value is -1.20. The van der Waals surface area contributed by atoms with Crippen molar-refractivity contribution in [1.82, 2.24) is 0 Å². The lowest BCUT2D eigenvalue weighted by molar-refractivity contribution is -0.119. The zero-order chi connectivity index (χ0) is 13.0. The summed E-state index contributed by atoms with van der Waals surface area (Å²) in [4.78, 5) is 11.6. The minimum atomic E-state index is -0.900. The van der Waals surface area contributed by atoms with Gasteiger partial charge in [-0.1, -0.05) is 18.5 Å². The lowest BCUT2D eigenvalue weighted by atomic mass is 10.1. The normalized spacial score (nSPS) is 12.3. The standard InChI is InChI=1S/C11H13ClF2N2O/c1-6(2-3-15)11(17)16-10-8(12)4-7(13)5-9(10)14/h4-6H,2-3,15H2,1H3,(H,16,17). The number of hydrogen-bond acceptors (Lipinski definition) is 2. The molecule has 0 radical (unpaired) electrons. The van der Waals surface area contributed by atoms with Gasteiger partial charge < -0.3 is 11.1 Å². The second-order valence-corrected chi connectivity index (χ2v) is 4.12. The molecule has 0 aliphatic carbocycles. The lowest BCUT2D eigenvalue weighted by Gasteiger charge is -2.12. The van der Waals surface area contributed by atoms with Gasteiger partial charge in [0.25, 0.3) is 0 Å². The molecule has 0 aromatic heterocycles. The first-order chi connectivity index (χ1) is 7.95. The average molecular weight is 263 g/mol. The van der Waals surface area contributed by atoms with Gasteiger partial charge in [-0.15, -0.1) is 0 Å². The number of halogens is 3. The first-order valence-electron chi connectivity index (χ1n) is 5.11. The van der Waals surface area contributed by atoms with E-state index in [0.29, 0.717) is 19.0 Å². The zero-order valence-electron chi connectivity index (χ0n) is 9.27. The maximum atomic E-state index is 13.4. The molecule has 17 heavy (non-hydrogen) atoms. The topological polar surface area (TPSA) is 55.1 Å². The van der Waals surface area contributed by atoms with Crippen molar-refractivity contribution in [3.63, 3.8) is 0 Å². The molecule has 1 unspecified atom stereocenters. The van der Waals surface area contributed by atoms with Crippen LogP contribution in [0.15, 0.2) is 12.1 Å². The Morgan fingerprint density at radius 3 is 2.71 bits per heavy atom. The smallest absolute Gasteiger partial charge is 0.227 e. The molecule has 0 fully saturated rings. The quantitative estimate of drug-likeness (QED) is 0.876.